The zero-order chi connectivity index (χ0) is 8.72. The number of rotatable bonds is 0. The van der Waals surface area contributed by atoms with E-state index in [1.807, 2.05) is 6.92 Å². The minimum absolute atomic E-state index is 0.245. The average molecular weight is 229 g/mol. The van der Waals surface area contributed by atoms with Crippen LogP contribution >= 0.6 is 15.9 Å². The van der Waals surface area contributed by atoms with Gasteiger partial charge in [0.25, 0.3) is 5.56 Å². The van der Waals surface area contributed by atoms with Crippen LogP contribution in [0.2, 0.25) is 0 Å². The fourth-order valence-electron chi connectivity index (χ4n) is 1.01. The highest BCUT2D eigenvalue weighted by molar-refractivity contribution is 9.10. The van der Waals surface area contributed by atoms with Crippen molar-refractivity contribution >= 4 is 21.4 Å². The third-order valence-corrected chi connectivity index (χ3v) is 2.51. The fraction of sp³-hybridized carbons (Fsp3) is 0.167. The predicted molar refractivity (Wildman–Crippen MR) is 46.0 cm³/mol. The van der Waals surface area contributed by atoms with E-state index in [-0.39, 0.29) is 5.56 Å². The number of fused-ring (bicyclic) bond motifs is 1. The molecule has 2 rings (SSSR count). The van der Waals surface area contributed by atoms with E-state index in [9.17, 15) is 4.79 Å². The number of aromatic amines is 1. The standard InChI is InChI=1S/C6H5BrN4O/c1-3-4(7)5-6(12)9-8-2-11(5)10-3/h2H,1H3,(H,9,12). The molecule has 5 nitrogen and oxygen atoms in total. The van der Waals surface area contributed by atoms with Crippen molar-refractivity contribution in [2.75, 3.05) is 0 Å². The van der Waals surface area contributed by atoms with Gasteiger partial charge >= 0.3 is 0 Å². The molecule has 2 heterocycles. The van der Waals surface area contributed by atoms with Crippen molar-refractivity contribution in [1.82, 2.24) is 19.8 Å². The van der Waals surface area contributed by atoms with E-state index < -0.39 is 0 Å². The number of halogens is 1. The van der Waals surface area contributed by atoms with Gasteiger partial charge in [-0.1, -0.05) is 0 Å². The molecule has 0 saturated heterocycles. The molecular formula is C6H5BrN4O. The molecule has 2 aromatic heterocycles. The van der Waals surface area contributed by atoms with Gasteiger partial charge in [-0.05, 0) is 22.9 Å². The van der Waals surface area contributed by atoms with Crippen LogP contribution in [0, 0.1) is 6.92 Å². The highest BCUT2D eigenvalue weighted by atomic mass is 79.9. The second-order valence-electron chi connectivity index (χ2n) is 2.38. The summed E-state index contributed by atoms with van der Waals surface area (Å²) in [4.78, 5) is 11.2. The molecule has 0 aliphatic rings. The number of nitrogens with zero attached hydrogens (tertiary/aromatic N) is 3. The fourth-order valence-corrected chi connectivity index (χ4v) is 1.45. The van der Waals surface area contributed by atoms with E-state index in [1.165, 1.54) is 10.8 Å². The average Bonchev–Trinajstić information content (AvgIpc) is 2.29. The van der Waals surface area contributed by atoms with E-state index in [0.717, 1.165) is 5.69 Å². The molecule has 0 bridgehead atoms. The molecule has 0 unspecified atom stereocenters. The third kappa shape index (κ3) is 0.878. The number of H-pyrrole nitrogens is 1. The largest absolute Gasteiger partial charge is 0.291 e. The Morgan fingerprint density at radius 1 is 1.67 bits per heavy atom. The Balaban J connectivity index is 3.07. The minimum atomic E-state index is -0.245. The van der Waals surface area contributed by atoms with Gasteiger partial charge in [0.1, 0.15) is 11.8 Å². The first-order chi connectivity index (χ1) is 5.70. The van der Waals surface area contributed by atoms with Gasteiger partial charge in [0.05, 0.1) is 10.2 Å². The Morgan fingerprint density at radius 3 is 3.08 bits per heavy atom. The number of aromatic nitrogens is 4. The summed E-state index contributed by atoms with van der Waals surface area (Å²) < 4.78 is 2.16. The first-order valence-corrected chi connectivity index (χ1v) is 4.07. The Morgan fingerprint density at radius 2 is 2.42 bits per heavy atom. The van der Waals surface area contributed by atoms with Crippen LogP contribution in [-0.4, -0.2) is 19.8 Å². The SMILES string of the molecule is Cc1nn2cn[nH]c(=O)c2c1Br. The lowest BCUT2D eigenvalue weighted by Crippen LogP contribution is -2.11. The molecule has 0 atom stereocenters. The predicted octanol–water partition coefficient (Wildman–Crippen LogP) is 0.489. The lowest BCUT2D eigenvalue weighted by molar-refractivity contribution is 0.836. The smallest absolute Gasteiger partial charge is 0.265 e. The third-order valence-electron chi connectivity index (χ3n) is 1.56. The summed E-state index contributed by atoms with van der Waals surface area (Å²) in [6.07, 6.45) is 1.45. The van der Waals surface area contributed by atoms with Crippen LogP contribution in [0.4, 0.5) is 0 Å². The van der Waals surface area contributed by atoms with Crippen molar-refractivity contribution in [1.29, 1.82) is 0 Å². The maximum atomic E-state index is 11.2. The summed E-state index contributed by atoms with van der Waals surface area (Å²) >= 11 is 3.27. The lowest BCUT2D eigenvalue weighted by atomic mass is 10.4. The summed E-state index contributed by atoms with van der Waals surface area (Å²) in [6, 6.07) is 0. The molecule has 1 N–H and O–H groups in total. The molecule has 0 radical (unpaired) electrons. The molecule has 2 aromatic rings. The van der Waals surface area contributed by atoms with Gasteiger partial charge in [-0.3, -0.25) is 4.79 Å². The number of hydrogen-bond acceptors (Lipinski definition) is 3. The van der Waals surface area contributed by atoms with Crippen LogP contribution in [0.5, 0.6) is 0 Å². The van der Waals surface area contributed by atoms with Gasteiger partial charge in [0.2, 0.25) is 0 Å². The molecule has 0 spiro atoms. The summed E-state index contributed by atoms with van der Waals surface area (Å²) in [5.41, 5.74) is 1.01. The van der Waals surface area contributed by atoms with E-state index in [2.05, 4.69) is 31.2 Å². The molecule has 12 heavy (non-hydrogen) atoms. The Bertz CT molecular complexity index is 486. The van der Waals surface area contributed by atoms with Gasteiger partial charge in [0.15, 0.2) is 0 Å². The van der Waals surface area contributed by atoms with Gasteiger partial charge < -0.3 is 0 Å². The monoisotopic (exact) mass is 228 g/mol. The molecule has 0 aliphatic carbocycles. The van der Waals surface area contributed by atoms with Crippen LogP contribution in [0.1, 0.15) is 5.69 Å². The van der Waals surface area contributed by atoms with E-state index in [0.29, 0.717) is 9.99 Å². The maximum absolute atomic E-state index is 11.2. The van der Waals surface area contributed by atoms with E-state index >= 15 is 0 Å². The highest BCUT2D eigenvalue weighted by Crippen LogP contribution is 2.17. The van der Waals surface area contributed by atoms with Crippen molar-refractivity contribution in [2.24, 2.45) is 0 Å². The molecule has 0 fully saturated rings. The van der Waals surface area contributed by atoms with Crippen LogP contribution < -0.4 is 5.56 Å². The zero-order valence-electron chi connectivity index (χ0n) is 6.21. The van der Waals surface area contributed by atoms with Crippen molar-refractivity contribution in [3.63, 3.8) is 0 Å². The molecule has 0 saturated carbocycles. The summed E-state index contributed by atoms with van der Waals surface area (Å²) in [7, 11) is 0. The van der Waals surface area contributed by atoms with Gasteiger partial charge in [-0.25, -0.2) is 9.61 Å². The van der Waals surface area contributed by atoms with Crippen LogP contribution in [-0.2, 0) is 0 Å². The number of aryl methyl sites for hydroxylation is 1. The number of nitrogens with one attached hydrogen (secondary N) is 1. The first kappa shape index (κ1) is 7.48. The van der Waals surface area contributed by atoms with Crippen molar-refractivity contribution in [3.8, 4) is 0 Å². The molecule has 62 valence electrons. The molecule has 0 amide bonds. The Hall–Kier alpha value is -1.17. The van der Waals surface area contributed by atoms with Crippen LogP contribution in [0.25, 0.3) is 5.52 Å². The lowest BCUT2D eigenvalue weighted by Gasteiger charge is -1.87. The number of hydrogen-bond donors (Lipinski definition) is 1. The molecule has 6 heteroatoms. The van der Waals surface area contributed by atoms with Crippen molar-refractivity contribution in [3.05, 3.63) is 26.8 Å². The molecule has 0 aliphatic heterocycles. The van der Waals surface area contributed by atoms with Crippen LogP contribution in [0.3, 0.4) is 0 Å². The Labute approximate surface area is 75.5 Å². The van der Waals surface area contributed by atoms with Crippen molar-refractivity contribution < 1.29 is 0 Å². The summed E-state index contributed by atoms with van der Waals surface area (Å²) in [5.74, 6) is 0. The van der Waals surface area contributed by atoms with E-state index in [4.69, 9.17) is 0 Å². The summed E-state index contributed by atoms with van der Waals surface area (Å²) in [6.45, 7) is 1.82. The maximum Gasteiger partial charge on any atom is 0.291 e. The van der Waals surface area contributed by atoms with E-state index in [1.54, 1.807) is 0 Å². The Kier molecular flexibility index (Phi) is 1.50. The minimum Gasteiger partial charge on any atom is -0.265 e. The highest BCUT2D eigenvalue weighted by Gasteiger charge is 2.08. The molecular weight excluding hydrogens is 224 g/mol. The van der Waals surface area contributed by atoms with Gasteiger partial charge in [0, 0.05) is 0 Å². The second kappa shape index (κ2) is 2.41. The van der Waals surface area contributed by atoms with Gasteiger partial charge in [-0.2, -0.15) is 10.2 Å². The topological polar surface area (TPSA) is 63.1 Å². The van der Waals surface area contributed by atoms with Gasteiger partial charge in [-0.15, -0.1) is 0 Å². The zero-order valence-corrected chi connectivity index (χ0v) is 7.79. The normalized spacial score (nSPS) is 10.8. The second-order valence-corrected chi connectivity index (χ2v) is 3.17. The quantitative estimate of drug-likeness (QED) is 0.714. The van der Waals surface area contributed by atoms with Crippen LogP contribution in [0.15, 0.2) is 15.6 Å². The summed E-state index contributed by atoms with van der Waals surface area (Å²) in [5, 5.41) is 10.0. The first-order valence-electron chi connectivity index (χ1n) is 3.28. The molecule has 0 aromatic carbocycles. The van der Waals surface area contributed by atoms with Crippen molar-refractivity contribution in [2.45, 2.75) is 6.92 Å².